The zero-order valence-corrected chi connectivity index (χ0v) is 19.2. The van der Waals surface area contributed by atoms with E-state index in [1.165, 1.54) is 12.1 Å². The van der Waals surface area contributed by atoms with E-state index in [2.05, 4.69) is 52.8 Å². The van der Waals surface area contributed by atoms with Gasteiger partial charge >= 0.3 is 0 Å². The smallest absolute Gasteiger partial charge is 0.234 e. The predicted octanol–water partition coefficient (Wildman–Crippen LogP) is 3.27. The maximum atomic E-state index is 11.8. The fourth-order valence-electron chi connectivity index (χ4n) is 5.26. The number of nitriles is 1. The molecule has 0 saturated carbocycles. The van der Waals surface area contributed by atoms with Gasteiger partial charge in [0.1, 0.15) is 11.7 Å². The Bertz CT molecular complexity index is 1000. The molecule has 1 spiro atoms. The zero-order valence-electron chi connectivity index (χ0n) is 19.2. The summed E-state index contributed by atoms with van der Waals surface area (Å²) < 4.78 is 2.31. The van der Waals surface area contributed by atoms with Gasteiger partial charge in [-0.1, -0.05) is 20.8 Å². The summed E-state index contributed by atoms with van der Waals surface area (Å²) in [6, 6.07) is 4.68. The Balaban J connectivity index is 1.62. The summed E-state index contributed by atoms with van der Waals surface area (Å²) in [5.41, 5.74) is 2.59. The van der Waals surface area contributed by atoms with E-state index < -0.39 is 0 Å². The molecule has 4 heterocycles. The molecule has 7 heteroatoms. The van der Waals surface area contributed by atoms with Crippen molar-refractivity contribution in [3.8, 4) is 6.07 Å². The van der Waals surface area contributed by atoms with Crippen LogP contribution in [0.1, 0.15) is 64.9 Å². The molecule has 2 aromatic rings. The second kappa shape index (κ2) is 8.23. The van der Waals surface area contributed by atoms with Gasteiger partial charge < -0.3 is 14.8 Å². The second-order valence-electron chi connectivity index (χ2n) is 10.5. The summed E-state index contributed by atoms with van der Waals surface area (Å²) in [7, 11) is 0. The third-order valence-corrected chi connectivity index (χ3v) is 7.28. The summed E-state index contributed by atoms with van der Waals surface area (Å²) in [5.74, 6) is 0.410. The Kier molecular flexibility index (Phi) is 5.78. The molecular weight excluding hydrogens is 388 g/mol. The molecule has 1 atom stereocenters. The minimum Gasteiger partial charge on any atom is -0.343 e. The Morgan fingerprint density at radius 1 is 1.32 bits per heavy atom. The first kappa shape index (κ1) is 21.8. The van der Waals surface area contributed by atoms with Crippen LogP contribution in [0, 0.1) is 22.2 Å². The zero-order chi connectivity index (χ0) is 22.2. The van der Waals surface area contributed by atoms with Gasteiger partial charge in [-0.15, -0.1) is 0 Å². The number of carbonyl (C=O) groups is 1. The van der Waals surface area contributed by atoms with Gasteiger partial charge in [-0.2, -0.15) is 5.26 Å². The van der Waals surface area contributed by atoms with Crippen molar-refractivity contribution in [2.75, 3.05) is 19.6 Å². The van der Waals surface area contributed by atoms with E-state index in [-0.39, 0.29) is 22.6 Å². The Morgan fingerprint density at radius 3 is 2.71 bits per heavy atom. The van der Waals surface area contributed by atoms with Crippen molar-refractivity contribution in [2.24, 2.45) is 10.8 Å². The molecule has 31 heavy (non-hydrogen) atoms. The fraction of sp³-hybridized carbons (Fsp3) is 0.667. The van der Waals surface area contributed by atoms with Crippen LogP contribution in [0.5, 0.6) is 0 Å². The second-order valence-corrected chi connectivity index (χ2v) is 10.5. The van der Waals surface area contributed by atoms with Gasteiger partial charge in [-0.05, 0) is 49.1 Å². The Hall–Kier alpha value is -2.46. The van der Waals surface area contributed by atoms with E-state index in [4.69, 9.17) is 0 Å². The number of likely N-dealkylation sites (tertiary alicyclic amines) is 1. The fourth-order valence-corrected chi connectivity index (χ4v) is 5.26. The SMILES string of the molecule is CC(=O)N1CCC2(CCNC2Cc2cc3cnc(C#N)nc3n2CCC(C)(C)C)CC1. The summed E-state index contributed by atoms with van der Waals surface area (Å²) in [6.45, 7) is 12.1. The van der Waals surface area contributed by atoms with Crippen molar-refractivity contribution in [3.05, 3.63) is 23.8 Å². The van der Waals surface area contributed by atoms with Crippen LogP contribution in [-0.2, 0) is 17.8 Å². The number of carbonyl (C=O) groups excluding carboxylic acids is 1. The van der Waals surface area contributed by atoms with E-state index in [9.17, 15) is 10.1 Å². The molecule has 2 fully saturated rings. The number of hydrogen-bond acceptors (Lipinski definition) is 5. The van der Waals surface area contributed by atoms with Crippen LogP contribution in [0.2, 0.25) is 0 Å². The molecule has 0 radical (unpaired) electrons. The molecule has 0 aliphatic carbocycles. The van der Waals surface area contributed by atoms with Crippen molar-refractivity contribution in [2.45, 2.75) is 72.4 Å². The molecule has 0 bridgehead atoms. The van der Waals surface area contributed by atoms with Crippen molar-refractivity contribution in [3.63, 3.8) is 0 Å². The van der Waals surface area contributed by atoms with Crippen molar-refractivity contribution in [1.82, 2.24) is 24.8 Å². The van der Waals surface area contributed by atoms with E-state index in [0.29, 0.717) is 6.04 Å². The number of aryl methyl sites for hydroxylation is 1. The highest BCUT2D eigenvalue weighted by molar-refractivity contribution is 5.77. The average Bonchev–Trinajstić information content (AvgIpc) is 3.26. The maximum Gasteiger partial charge on any atom is 0.234 e. The van der Waals surface area contributed by atoms with E-state index in [0.717, 1.165) is 62.9 Å². The van der Waals surface area contributed by atoms with Gasteiger partial charge in [0.15, 0.2) is 0 Å². The number of amides is 1. The van der Waals surface area contributed by atoms with Crippen LogP contribution in [0.4, 0.5) is 0 Å². The minimum absolute atomic E-state index is 0.187. The van der Waals surface area contributed by atoms with Crippen molar-refractivity contribution in [1.29, 1.82) is 5.26 Å². The number of nitrogens with one attached hydrogen (secondary N) is 1. The molecule has 2 aromatic heterocycles. The lowest BCUT2D eigenvalue weighted by Gasteiger charge is -2.42. The number of rotatable bonds is 4. The lowest BCUT2D eigenvalue weighted by atomic mass is 9.71. The number of hydrogen-bond donors (Lipinski definition) is 1. The van der Waals surface area contributed by atoms with E-state index in [1.807, 2.05) is 4.90 Å². The molecule has 166 valence electrons. The first-order valence-corrected chi connectivity index (χ1v) is 11.4. The summed E-state index contributed by atoms with van der Waals surface area (Å²) in [4.78, 5) is 22.5. The lowest BCUT2D eigenvalue weighted by Crippen LogP contribution is -2.48. The monoisotopic (exact) mass is 422 g/mol. The molecule has 2 aliphatic rings. The molecule has 1 amide bonds. The average molecular weight is 423 g/mol. The van der Waals surface area contributed by atoms with Gasteiger partial charge in [0, 0.05) is 56.3 Å². The highest BCUT2D eigenvalue weighted by Gasteiger charge is 2.45. The first-order chi connectivity index (χ1) is 14.7. The molecule has 2 aliphatic heterocycles. The molecule has 0 aromatic carbocycles. The number of aromatic nitrogens is 3. The predicted molar refractivity (Wildman–Crippen MR) is 120 cm³/mol. The van der Waals surface area contributed by atoms with Gasteiger partial charge in [0.05, 0.1) is 0 Å². The molecule has 7 nitrogen and oxygen atoms in total. The van der Waals surface area contributed by atoms with Gasteiger partial charge in [-0.25, -0.2) is 9.97 Å². The van der Waals surface area contributed by atoms with Gasteiger partial charge in [0.2, 0.25) is 11.7 Å². The third-order valence-electron chi connectivity index (χ3n) is 7.28. The summed E-state index contributed by atoms with van der Waals surface area (Å²) in [5, 5.41) is 14.1. The Labute approximate surface area is 184 Å². The number of nitrogens with zero attached hydrogens (tertiary/aromatic N) is 5. The van der Waals surface area contributed by atoms with Crippen LogP contribution in [0.25, 0.3) is 11.0 Å². The van der Waals surface area contributed by atoms with E-state index in [1.54, 1.807) is 13.1 Å². The number of fused-ring (bicyclic) bond motifs is 1. The van der Waals surface area contributed by atoms with Gasteiger partial charge in [-0.3, -0.25) is 4.79 Å². The van der Waals surface area contributed by atoms with E-state index >= 15 is 0 Å². The topological polar surface area (TPSA) is 86.8 Å². The Morgan fingerprint density at radius 2 is 2.06 bits per heavy atom. The van der Waals surface area contributed by atoms with Crippen LogP contribution in [0.3, 0.4) is 0 Å². The standard InChI is InChI=1S/C24H34N6O/c1-17(31)29-10-7-24(8-11-29)5-9-26-20(24)14-19-13-18-16-27-21(15-25)28-22(18)30(19)12-6-23(2,3)4/h13,16,20,26H,5-12,14H2,1-4H3. The maximum absolute atomic E-state index is 11.8. The van der Waals surface area contributed by atoms with Crippen LogP contribution in [0.15, 0.2) is 12.3 Å². The van der Waals surface area contributed by atoms with Crippen molar-refractivity contribution >= 4 is 16.9 Å². The normalized spacial score (nSPS) is 21.0. The molecule has 1 N–H and O–H groups in total. The van der Waals surface area contributed by atoms with Crippen LogP contribution < -0.4 is 5.32 Å². The highest BCUT2D eigenvalue weighted by atomic mass is 16.2. The molecule has 1 unspecified atom stereocenters. The summed E-state index contributed by atoms with van der Waals surface area (Å²) in [6.07, 6.45) is 7.04. The molecule has 4 rings (SSSR count). The quantitative estimate of drug-likeness (QED) is 0.817. The largest absolute Gasteiger partial charge is 0.343 e. The first-order valence-electron chi connectivity index (χ1n) is 11.4. The van der Waals surface area contributed by atoms with Crippen molar-refractivity contribution < 1.29 is 4.79 Å². The lowest BCUT2D eigenvalue weighted by molar-refractivity contribution is -0.131. The van der Waals surface area contributed by atoms with Crippen LogP contribution in [-0.4, -0.2) is 51.0 Å². The minimum atomic E-state index is 0.187. The third kappa shape index (κ3) is 4.45. The molecular formula is C24H34N6O. The highest BCUT2D eigenvalue weighted by Crippen LogP contribution is 2.43. The van der Waals surface area contributed by atoms with Crippen LogP contribution >= 0.6 is 0 Å². The van der Waals surface area contributed by atoms with Gasteiger partial charge in [0.25, 0.3) is 0 Å². The molecule has 2 saturated heterocycles. The number of piperidine rings is 1. The summed E-state index contributed by atoms with van der Waals surface area (Å²) >= 11 is 0.